The van der Waals surface area contributed by atoms with Crippen molar-refractivity contribution in [1.29, 1.82) is 0 Å². The minimum absolute atomic E-state index is 0.0912. The number of fused-ring (bicyclic) bond motifs is 3. The maximum atomic E-state index is 13.1. The van der Waals surface area contributed by atoms with E-state index in [4.69, 9.17) is 31.1 Å². The fourth-order valence-electron chi connectivity index (χ4n) is 7.40. The van der Waals surface area contributed by atoms with Crippen LogP contribution in [0, 0.1) is 11.3 Å². The molecule has 0 N–H and O–H groups in total. The summed E-state index contributed by atoms with van der Waals surface area (Å²) in [6.45, 7) is 4.77. The van der Waals surface area contributed by atoms with Gasteiger partial charge in [0.25, 0.3) is 5.91 Å². The van der Waals surface area contributed by atoms with Crippen LogP contribution >= 0.6 is 11.6 Å². The minimum Gasteiger partial charge on any atom is -0.462 e. The molecule has 4 heterocycles. The van der Waals surface area contributed by atoms with Gasteiger partial charge in [-0.1, -0.05) is 35.9 Å². The van der Waals surface area contributed by atoms with Crippen LogP contribution in [-0.4, -0.2) is 85.9 Å². The minimum atomic E-state index is -0.300. The quantitative estimate of drug-likeness (QED) is 0.371. The largest absolute Gasteiger partial charge is 0.462 e. The molecule has 2 aromatic carbocycles. The number of anilines is 2. The number of hydrogen-bond donors (Lipinski definition) is 0. The first kappa shape index (κ1) is 27.7. The van der Waals surface area contributed by atoms with Crippen LogP contribution in [0.5, 0.6) is 6.01 Å². The Labute approximate surface area is 252 Å². The van der Waals surface area contributed by atoms with E-state index >= 15 is 0 Å². The summed E-state index contributed by atoms with van der Waals surface area (Å²) < 4.78 is 6.32. The van der Waals surface area contributed by atoms with Crippen molar-refractivity contribution in [3.63, 3.8) is 0 Å². The molecule has 10 heteroatoms. The fraction of sp³-hybridized carbons (Fsp3) is 0.531. The van der Waals surface area contributed by atoms with E-state index in [-0.39, 0.29) is 11.3 Å². The molecule has 9 nitrogen and oxygen atoms in total. The lowest BCUT2D eigenvalue weighted by atomic mass is 9.93. The monoisotopic (exact) mass is 590 g/mol. The number of benzene rings is 2. The smallest absolute Gasteiger partial charge is 0.318 e. The molecule has 1 saturated carbocycles. The fourth-order valence-corrected chi connectivity index (χ4v) is 7.67. The highest BCUT2D eigenvalue weighted by atomic mass is 35.5. The number of hydroxylamine groups is 2. The maximum absolute atomic E-state index is 13.1. The van der Waals surface area contributed by atoms with E-state index in [1.165, 1.54) is 17.0 Å². The molecule has 3 aliphatic heterocycles. The molecule has 3 atom stereocenters. The highest BCUT2D eigenvalue weighted by Gasteiger charge is 2.63. The Bertz CT molecular complexity index is 1510. The summed E-state index contributed by atoms with van der Waals surface area (Å²) in [6.07, 6.45) is 4.85. The number of nitrogens with zero attached hydrogens (tertiary/aromatic N) is 6. The molecule has 0 spiro atoms. The van der Waals surface area contributed by atoms with Crippen LogP contribution < -0.4 is 14.5 Å². The number of carbonyl (C=O) groups is 1. The number of likely N-dealkylation sites (N-methyl/N-ethyl adjacent to an activating group) is 1. The van der Waals surface area contributed by atoms with E-state index in [0.29, 0.717) is 31.1 Å². The van der Waals surface area contributed by atoms with Crippen molar-refractivity contribution in [2.75, 3.05) is 63.8 Å². The highest BCUT2D eigenvalue weighted by molar-refractivity contribution is 6.36. The van der Waals surface area contributed by atoms with Gasteiger partial charge in [-0.25, -0.2) is 5.06 Å². The number of hydrogen-bond acceptors (Lipinski definition) is 8. The Morgan fingerprint density at radius 3 is 2.74 bits per heavy atom. The van der Waals surface area contributed by atoms with Crippen molar-refractivity contribution in [3.05, 3.63) is 52.7 Å². The third kappa shape index (κ3) is 4.75. The van der Waals surface area contributed by atoms with Gasteiger partial charge in [-0.3, -0.25) is 9.63 Å². The topological polar surface area (TPSA) is 74.3 Å². The average Bonchev–Trinajstić information content (AvgIpc) is 3.62. The van der Waals surface area contributed by atoms with Crippen LogP contribution in [0.25, 0.3) is 10.8 Å². The van der Waals surface area contributed by atoms with E-state index in [1.807, 2.05) is 12.1 Å². The summed E-state index contributed by atoms with van der Waals surface area (Å²) in [5.74, 6) is 1.36. The summed E-state index contributed by atoms with van der Waals surface area (Å²) in [5.41, 5.74) is 3.02. The molecule has 1 amide bonds. The zero-order chi connectivity index (χ0) is 29.0. The van der Waals surface area contributed by atoms with Crippen molar-refractivity contribution < 1.29 is 14.4 Å². The van der Waals surface area contributed by atoms with Crippen molar-refractivity contribution in [1.82, 2.24) is 19.9 Å². The van der Waals surface area contributed by atoms with Gasteiger partial charge in [-0.2, -0.15) is 9.97 Å². The van der Waals surface area contributed by atoms with Crippen LogP contribution in [-0.2, 0) is 22.6 Å². The lowest BCUT2D eigenvalue weighted by molar-refractivity contribution is -0.176. The zero-order valence-electron chi connectivity index (χ0n) is 24.7. The molecule has 1 aliphatic carbocycles. The summed E-state index contributed by atoms with van der Waals surface area (Å²) in [7, 11) is 5.42. The SMILES string of the molecule is CON(C)C(=O)[C@@]12CCN(c3nc(OCC4CCCN4C)nc4c3CCN(c3cccc5cccc(Cl)c35)C4)C[C@@H]1C2. The molecule has 3 aromatic rings. The third-order valence-electron chi connectivity index (χ3n) is 10.1. The first-order valence-electron chi connectivity index (χ1n) is 15.1. The summed E-state index contributed by atoms with van der Waals surface area (Å²) in [5, 5.41) is 4.36. The molecule has 2 saturated heterocycles. The molecular formula is C32H39ClN6O3. The van der Waals surface area contributed by atoms with Crippen molar-refractivity contribution in [2.45, 2.75) is 44.7 Å². The molecule has 0 bridgehead atoms. The third-order valence-corrected chi connectivity index (χ3v) is 10.4. The Balaban J connectivity index is 1.19. The summed E-state index contributed by atoms with van der Waals surface area (Å²) in [4.78, 5) is 35.5. The molecule has 0 radical (unpaired) electrons. The van der Waals surface area contributed by atoms with Crippen molar-refractivity contribution in [2.24, 2.45) is 11.3 Å². The number of amides is 1. The van der Waals surface area contributed by atoms with Crippen molar-refractivity contribution in [3.8, 4) is 6.01 Å². The Kier molecular flexibility index (Phi) is 7.15. The molecule has 1 unspecified atom stereocenters. The summed E-state index contributed by atoms with van der Waals surface area (Å²) >= 11 is 6.71. The lowest BCUT2D eigenvalue weighted by Gasteiger charge is -2.37. The molecule has 222 valence electrons. The van der Waals surface area contributed by atoms with Gasteiger partial charge in [0.1, 0.15) is 12.4 Å². The number of carbonyl (C=O) groups excluding carboxylic acids is 1. The standard InChI is InChI=1S/C32H39ClN6O3/c1-36-14-6-9-23(36)20-42-31-34-26-19-38(27-11-5-8-21-7-4-10-25(33)28(21)27)15-12-24(26)29(35-31)39-16-13-32(17-22(32)18-39)30(40)37(2)41-3/h4-5,7-8,10-11,22-23H,6,9,12-20H2,1-3H3/t22-,23?,32+/m0/s1. The zero-order valence-corrected chi connectivity index (χ0v) is 25.4. The number of piperidine rings is 1. The van der Waals surface area contributed by atoms with Gasteiger partial charge < -0.3 is 19.4 Å². The van der Waals surface area contributed by atoms with Gasteiger partial charge >= 0.3 is 6.01 Å². The predicted molar refractivity (Wildman–Crippen MR) is 164 cm³/mol. The Morgan fingerprint density at radius 2 is 1.98 bits per heavy atom. The van der Waals surface area contributed by atoms with E-state index < -0.39 is 0 Å². The number of likely N-dealkylation sites (tertiary alicyclic amines) is 1. The number of halogens is 1. The van der Waals surface area contributed by atoms with E-state index in [9.17, 15) is 4.79 Å². The van der Waals surface area contributed by atoms with E-state index in [0.717, 1.165) is 84.9 Å². The molecule has 1 aromatic heterocycles. The molecular weight excluding hydrogens is 552 g/mol. The van der Waals surface area contributed by atoms with Gasteiger partial charge in [-0.15, -0.1) is 0 Å². The van der Waals surface area contributed by atoms with Gasteiger partial charge in [0.2, 0.25) is 0 Å². The van der Waals surface area contributed by atoms with Crippen LogP contribution in [0.3, 0.4) is 0 Å². The van der Waals surface area contributed by atoms with E-state index in [1.54, 1.807) is 14.2 Å². The summed E-state index contributed by atoms with van der Waals surface area (Å²) in [6, 6.07) is 13.3. The second kappa shape index (κ2) is 10.8. The second-order valence-electron chi connectivity index (χ2n) is 12.4. The average molecular weight is 591 g/mol. The molecule has 4 aliphatic rings. The van der Waals surface area contributed by atoms with Gasteiger partial charge in [0, 0.05) is 49.4 Å². The molecule has 7 rings (SSSR count). The van der Waals surface area contributed by atoms with Crippen LogP contribution in [0.2, 0.25) is 5.02 Å². The Hall–Kier alpha value is -3.14. The van der Waals surface area contributed by atoms with Crippen LogP contribution in [0.15, 0.2) is 36.4 Å². The highest BCUT2D eigenvalue weighted by Crippen LogP contribution is 2.59. The maximum Gasteiger partial charge on any atom is 0.318 e. The first-order valence-corrected chi connectivity index (χ1v) is 15.5. The normalized spacial score (nSPS) is 25.3. The first-order chi connectivity index (χ1) is 20.4. The lowest BCUT2D eigenvalue weighted by Crippen LogP contribution is -2.43. The van der Waals surface area contributed by atoms with Crippen LogP contribution in [0.1, 0.15) is 36.9 Å². The van der Waals surface area contributed by atoms with E-state index in [2.05, 4.69) is 46.0 Å². The molecule has 42 heavy (non-hydrogen) atoms. The number of ether oxygens (including phenoxy) is 1. The van der Waals surface area contributed by atoms with Gasteiger partial charge in [0.15, 0.2) is 0 Å². The van der Waals surface area contributed by atoms with Crippen molar-refractivity contribution >= 4 is 39.8 Å². The van der Waals surface area contributed by atoms with Gasteiger partial charge in [0.05, 0.1) is 29.8 Å². The van der Waals surface area contributed by atoms with Gasteiger partial charge in [-0.05, 0) is 69.1 Å². The Morgan fingerprint density at radius 1 is 1.14 bits per heavy atom. The van der Waals surface area contributed by atoms with Crippen LogP contribution in [0.4, 0.5) is 11.5 Å². The molecule has 3 fully saturated rings. The predicted octanol–water partition coefficient (Wildman–Crippen LogP) is 4.56. The number of rotatable bonds is 7. The number of aromatic nitrogens is 2. The second-order valence-corrected chi connectivity index (χ2v) is 12.8.